The number of hydrogen-bond acceptors (Lipinski definition) is 3. The van der Waals surface area contributed by atoms with Gasteiger partial charge in [0.05, 0.1) is 12.2 Å². The molecule has 0 unspecified atom stereocenters. The van der Waals surface area contributed by atoms with Gasteiger partial charge < -0.3 is 14.6 Å². The number of para-hydroxylation sites is 1. The molecule has 1 aliphatic carbocycles. The van der Waals surface area contributed by atoms with Gasteiger partial charge in [-0.25, -0.2) is 13.2 Å². The van der Waals surface area contributed by atoms with Crippen molar-refractivity contribution >= 4 is 16.8 Å². The van der Waals surface area contributed by atoms with Gasteiger partial charge in [-0.05, 0) is 37.8 Å². The largest absolute Gasteiger partial charge is 0.492 e. The van der Waals surface area contributed by atoms with Gasteiger partial charge in [-0.1, -0.05) is 18.2 Å². The molecule has 2 fully saturated rings. The highest BCUT2D eigenvalue weighted by atomic mass is 19.1. The van der Waals surface area contributed by atoms with Crippen LogP contribution in [-0.2, 0) is 11.2 Å². The fourth-order valence-corrected chi connectivity index (χ4v) is 6.21. The Morgan fingerprint density at radius 2 is 1.84 bits per heavy atom. The zero-order chi connectivity index (χ0) is 26.6. The van der Waals surface area contributed by atoms with Gasteiger partial charge in [-0.15, -0.1) is 0 Å². The Balaban J connectivity index is 1.33. The number of nitrogens with zero attached hydrogens (tertiary/aromatic N) is 2. The molecular weight excluding hydrogens is 498 g/mol. The van der Waals surface area contributed by atoms with Gasteiger partial charge in [0.2, 0.25) is 5.91 Å². The first kappa shape index (κ1) is 25.2. The van der Waals surface area contributed by atoms with Crippen molar-refractivity contribution in [2.45, 2.75) is 44.4 Å². The van der Waals surface area contributed by atoms with E-state index in [9.17, 15) is 13.6 Å². The van der Waals surface area contributed by atoms with Crippen molar-refractivity contribution in [3.8, 4) is 5.75 Å². The van der Waals surface area contributed by atoms with Gasteiger partial charge in [0, 0.05) is 66.2 Å². The number of alkyl halides is 2. The lowest BCUT2D eigenvalue weighted by molar-refractivity contribution is -0.145. The number of rotatable bonds is 7. The second kappa shape index (κ2) is 9.91. The summed E-state index contributed by atoms with van der Waals surface area (Å²) in [6.45, 7) is 3.60. The normalized spacial score (nSPS) is 25.7. The average molecular weight is 530 g/mol. The lowest BCUT2D eigenvalue weighted by atomic mass is 9.80. The molecule has 202 valence electrons. The molecule has 2 aromatic carbocycles. The lowest BCUT2D eigenvalue weighted by Gasteiger charge is -2.44. The standard InChI is InChI=1S/C29H31F4N3O2/c1-16-8-22-21-4-2-3-5-25(21)34-27(22)28(36(16)29(37)18-9-19(31)10-18)26-23(32)11-20(12-24(26)33)38-7-6-35-14-17(13-30)15-35/h2-5,11-12,16-19,28,34H,6-10,13-15H2,1H3/t16-,18?,19?,28-/m1/s1. The molecule has 2 aliphatic heterocycles. The third-order valence-electron chi connectivity index (χ3n) is 8.31. The number of hydrogen-bond donors (Lipinski definition) is 1. The number of fused-ring (bicyclic) bond motifs is 3. The molecule has 0 radical (unpaired) electrons. The van der Waals surface area contributed by atoms with Crippen LogP contribution in [0.15, 0.2) is 36.4 Å². The number of aromatic amines is 1. The molecule has 2 atom stereocenters. The van der Waals surface area contributed by atoms with Crippen molar-refractivity contribution in [2.24, 2.45) is 11.8 Å². The number of likely N-dealkylation sites (tertiary alicyclic amines) is 1. The van der Waals surface area contributed by atoms with E-state index >= 15 is 8.78 Å². The molecule has 1 saturated heterocycles. The summed E-state index contributed by atoms with van der Waals surface area (Å²) in [5.41, 5.74) is 2.12. The summed E-state index contributed by atoms with van der Waals surface area (Å²) in [5, 5.41) is 0.959. The van der Waals surface area contributed by atoms with Gasteiger partial charge in [-0.2, -0.15) is 0 Å². The van der Waals surface area contributed by atoms with Gasteiger partial charge >= 0.3 is 0 Å². The Bertz CT molecular complexity index is 1330. The molecule has 0 bridgehead atoms. The van der Waals surface area contributed by atoms with Crippen molar-refractivity contribution in [3.63, 3.8) is 0 Å². The van der Waals surface area contributed by atoms with Crippen LogP contribution in [-0.4, -0.2) is 65.8 Å². The summed E-state index contributed by atoms with van der Waals surface area (Å²) in [6, 6.07) is 8.62. The number of H-pyrrole nitrogens is 1. The molecule has 1 aromatic heterocycles. The zero-order valence-electron chi connectivity index (χ0n) is 21.2. The molecule has 0 spiro atoms. The number of nitrogens with one attached hydrogen (secondary N) is 1. The first-order chi connectivity index (χ1) is 18.3. The summed E-state index contributed by atoms with van der Waals surface area (Å²) < 4.78 is 63.4. The summed E-state index contributed by atoms with van der Waals surface area (Å²) in [7, 11) is 0. The van der Waals surface area contributed by atoms with E-state index in [1.165, 1.54) is 0 Å². The Morgan fingerprint density at radius 1 is 1.13 bits per heavy atom. The minimum absolute atomic E-state index is 0.0537. The van der Waals surface area contributed by atoms with Crippen LogP contribution in [0.25, 0.3) is 10.9 Å². The quantitative estimate of drug-likeness (QED) is 0.421. The van der Waals surface area contributed by atoms with Crippen LogP contribution >= 0.6 is 0 Å². The SMILES string of the molecule is C[C@@H]1Cc2c([nH]c3ccccc23)[C@@H](c2c(F)cc(OCCN3CC(CF)C3)cc2F)N1C(=O)C1CC(F)C1. The van der Waals surface area contributed by atoms with Crippen LogP contribution in [0.2, 0.25) is 0 Å². The summed E-state index contributed by atoms with van der Waals surface area (Å²) >= 11 is 0. The zero-order valence-corrected chi connectivity index (χ0v) is 21.2. The van der Waals surface area contributed by atoms with Gasteiger partial charge in [0.25, 0.3) is 0 Å². The number of benzene rings is 2. The van der Waals surface area contributed by atoms with E-state index < -0.39 is 29.8 Å². The first-order valence-corrected chi connectivity index (χ1v) is 13.3. The molecule has 1 N–H and O–H groups in total. The number of amides is 1. The predicted molar refractivity (Wildman–Crippen MR) is 136 cm³/mol. The van der Waals surface area contributed by atoms with Crippen LogP contribution in [0.4, 0.5) is 17.6 Å². The predicted octanol–water partition coefficient (Wildman–Crippen LogP) is 5.34. The van der Waals surface area contributed by atoms with Crippen molar-refractivity contribution in [1.82, 2.24) is 14.8 Å². The fraction of sp³-hybridized carbons (Fsp3) is 0.483. The summed E-state index contributed by atoms with van der Waals surface area (Å²) in [5.74, 6) is -2.27. The monoisotopic (exact) mass is 529 g/mol. The molecule has 5 nitrogen and oxygen atoms in total. The Morgan fingerprint density at radius 3 is 2.53 bits per heavy atom. The molecule has 6 rings (SSSR count). The maximum absolute atomic E-state index is 15.7. The van der Waals surface area contributed by atoms with Crippen molar-refractivity contribution in [1.29, 1.82) is 0 Å². The minimum atomic E-state index is -1.02. The highest BCUT2D eigenvalue weighted by Gasteiger charge is 2.46. The highest BCUT2D eigenvalue weighted by molar-refractivity contribution is 5.87. The van der Waals surface area contributed by atoms with E-state index in [1.54, 1.807) is 4.90 Å². The van der Waals surface area contributed by atoms with E-state index in [2.05, 4.69) is 4.98 Å². The summed E-state index contributed by atoms with van der Waals surface area (Å²) in [4.78, 5) is 20.5. The Labute approximate surface area is 218 Å². The molecule has 1 amide bonds. The fourth-order valence-electron chi connectivity index (χ4n) is 6.21. The molecule has 3 aliphatic rings. The molecule has 9 heteroatoms. The van der Waals surface area contributed by atoms with Gasteiger partial charge in [0.15, 0.2) is 0 Å². The van der Waals surface area contributed by atoms with Gasteiger partial charge in [-0.3, -0.25) is 14.1 Å². The Hall–Kier alpha value is -3.07. The molecule has 3 aromatic rings. The molecule has 3 heterocycles. The third-order valence-corrected chi connectivity index (χ3v) is 8.31. The van der Waals surface area contributed by atoms with E-state index in [1.807, 2.05) is 36.1 Å². The van der Waals surface area contributed by atoms with Crippen LogP contribution in [0.1, 0.15) is 42.6 Å². The van der Waals surface area contributed by atoms with E-state index in [-0.39, 0.29) is 55.3 Å². The van der Waals surface area contributed by atoms with Crippen LogP contribution < -0.4 is 4.74 Å². The number of carbonyl (C=O) groups excluding carboxylic acids is 1. The minimum Gasteiger partial charge on any atom is -0.492 e. The van der Waals surface area contributed by atoms with E-state index in [0.717, 1.165) is 28.6 Å². The molecule has 38 heavy (non-hydrogen) atoms. The number of aromatic nitrogens is 1. The summed E-state index contributed by atoms with van der Waals surface area (Å²) in [6.07, 6.45) is -0.225. The van der Waals surface area contributed by atoms with Crippen LogP contribution in [0.5, 0.6) is 5.75 Å². The first-order valence-electron chi connectivity index (χ1n) is 13.3. The van der Waals surface area contributed by atoms with Crippen LogP contribution in [0, 0.1) is 23.5 Å². The number of ether oxygens (including phenoxy) is 1. The maximum Gasteiger partial charge on any atom is 0.226 e. The topological polar surface area (TPSA) is 48.6 Å². The lowest BCUT2D eigenvalue weighted by Crippen LogP contribution is -2.51. The smallest absolute Gasteiger partial charge is 0.226 e. The average Bonchev–Trinajstić information content (AvgIpc) is 3.21. The van der Waals surface area contributed by atoms with Crippen molar-refractivity contribution in [2.75, 3.05) is 32.9 Å². The second-order valence-corrected chi connectivity index (χ2v) is 11.0. The third kappa shape index (κ3) is 4.34. The molecular formula is C29H31F4N3O2. The number of carbonyl (C=O) groups is 1. The van der Waals surface area contributed by atoms with Crippen molar-refractivity contribution in [3.05, 3.63) is 64.9 Å². The van der Waals surface area contributed by atoms with Crippen molar-refractivity contribution < 1.29 is 27.1 Å². The van der Waals surface area contributed by atoms with E-state index in [0.29, 0.717) is 31.7 Å². The second-order valence-electron chi connectivity index (χ2n) is 11.0. The van der Waals surface area contributed by atoms with Gasteiger partial charge in [0.1, 0.15) is 36.2 Å². The highest BCUT2D eigenvalue weighted by Crippen LogP contribution is 2.45. The molecule has 1 saturated carbocycles. The van der Waals surface area contributed by atoms with Crippen LogP contribution in [0.3, 0.4) is 0 Å². The Kier molecular flexibility index (Phi) is 6.58. The van der Waals surface area contributed by atoms with E-state index in [4.69, 9.17) is 4.74 Å². The maximum atomic E-state index is 15.7. The number of halogens is 4.